The van der Waals surface area contributed by atoms with Gasteiger partial charge in [-0.1, -0.05) is 23.7 Å². The van der Waals surface area contributed by atoms with Crippen LogP contribution in [0.5, 0.6) is 0 Å². The molecule has 19 heavy (non-hydrogen) atoms. The van der Waals surface area contributed by atoms with Gasteiger partial charge in [0.25, 0.3) is 0 Å². The van der Waals surface area contributed by atoms with E-state index in [0.717, 1.165) is 14.3 Å². The van der Waals surface area contributed by atoms with Crippen molar-refractivity contribution < 1.29 is 0 Å². The quantitative estimate of drug-likeness (QED) is 0.611. The van der Waals surface area contributed by atoms with Crippen LogP contribution in [-0.4, -0.2) is 7.05 Å². The van der Waals surface area contributed by atoms with Crippen LogP contribution in [-0.2, 0) is 0 Å². The molecule has 0 radical (unpaired) electrons. The average Bonchev–Trinajstić information content (AvgIpc) is 2.38. The first-order chi connectivity index (χ1) is 8.99. The molecule has 2 rings (SSSR count). The molecule has 2 N–H and O–H groups in total. The summed E-state index contributed by atoms with van der Waals surface area (Å²) in [5, 5.41) is 0.765. The van der Waals surface area contributed by atoms with Gasteiger partial charge < -0.3 is 10.6 Å². The van der Waals surface area contributed by atoms with Crippen LogP contribution in [0.15, 0.2) is 42.5 Å². The SMILES string of the molecule is CC(c1ccc(Cl)cc1)N(C)c1ccc(N)cc1I. The van der Waals surface area contributed by atoms with E-state index in [1.165, 1.54) is 11.3 Å². The van der Waals surface area contributed by atoms with E-state index in [2.05, 4.69) is 59.7 Å². The van der Waals surface area contributed by atoms with Gasteiger partial charge in [-0.15, -0.1) is 0 Å². The third-order valence-electron chi connectivity index (χ3n) is 3.29. The number of nitrogen functional groups attached to an aromatic ring is 1. The summed E-state index contributed by atoms with van der Waals surface area (Å²) in [6.45, 7) is 2.18. The standard InChI is InChI=1S/C15H16ClIN2/c1-10(11-3-5-12(16)6-4-11)19(2)15-8-7-13(18)9-14(15)17/h3-10H,18H2,1-2H3. The van der Waals surface area contributed by atoms with Gasteiger partial charge in [0, 0.05) is 21.3 Å². The maximum atomic E-state index is 5.93. The van der Waals surface area contributed by atoms with E-state index in [1.54, 1.807) is 0 Å². The van der Waals surface area contributed by atoms with Crippen LogP contribution >= 0.6 is 34.2 Å². The van der Waals surface area contributed by atoms with E-state index in [4.69, 9.17) is 17.3 Å². The Labute approximate surface area is 132 Å². The Kier molecular flexibility index (Phi) is 4.58. The third kappa shape index (κ3) is 3.34. The molecular weight excluding hydrogens is 371 g/mol. The Morgan fingerprint density at radius 3 is 2.37 bits per heavy atom. The van der Waals surface area contributed by atoms with Crippen molar-refractivity contribution in [3.05, 3.63) is 56.6 Å². The summed E-state index contributed by atoms with van der Waals surface area (Å²) in [5.41, 5.74) is 9.00. The van der Waals surface area contributed by atoms with E-state index in [1.807, 2.05) is 24.3 Å². The molecule has 1 unspecified atom stereocenters. The van der Waals surface area contributed by atoms with Gasteiger partial charge in [0.2, 0.25) is 0 Å². The molecule has 0 heterocycles. The Bertz CT molecular complexity index is 569. The smallest absolute Gasteiger partial charge is 0.0511 e. The molecule has 2 aromatic carbocycles. The van der Waals surface area contributed by atoms with Crippen molar-refractivity contribution in [2.45, 2.75) is 13.0 Å². The number of benzene rings is 2. The van der Waals surface area contributed by atoms with Crippen LogP contribution in [0.3, 0.4) is 0 Å². The second-order valence-electron chi connectivity index (χ2n) is 4.55. The largest absolute Gasteiger partial charge is 0.399 e. The van der Waals surface area contributed by atoms with Crippen LogP contribution in [0.4, 0.5) is 11.4 Å². The molecule has 0 aliphatic heterocycles. The summed E-state index contributed by atoms with van der Waals surface area (Å²) in [6.07, 6.45) is 0. The van der Waals surface area contributed by atoms with Gasteiger partial charge in [0.05, 0.1) is 11.7 Å². The molecule has 0 spiro atoms. The molecule has 0 bridgehead atoms. The normalized spacial score (nSPS) is 12.2. The molecule has 0 amide bonds. The number of nitrogens with zero attached hydrogens (tertiary/aromatic N) is 1. The first-order valence-electron chi connectivity index (χ1n) is 6.02. The fourth-order valence-corrected chi connectivity index (χ4v) is 3.03. The number of nitrogens with two attached hydrogens (primary N) is 1. The zero-order chi connectivity index (χ0) is 14.0. The molecular formula is C15H16ClIN2. The highest BCUT2D eigenvalue weighted by molar-refractivity contribution is 14.1. The molecule has 0 aromatic heterocycles. The number of anilines is 2. The van der Waals surface area contributed by atoms with E-state index < -0.39 is 0 Å². The van der Waals surface area contributed by atoms with Gasteiger partial charge in [-0.25, -0.2) is 0 Å². The van der Waals surface area contributed by atoms with Crippen LogP contribution in [0.25, 0.3) is 0 Å². The predicted octanol–water partition coefficient (Wildman–Crippen LogP) is 4.72. The van der Waals surface area contributed by atoms with Crippen LogP contribution in [0.1, 0.15) is 18.5 Å². The highest BCUT2D eigenvalue weighted by Crippen LogP contribution is 2.30. The van der Waals surface area contributed by atoms with E-state index in [0.29, 0.717) is 0 Å². The molecule has 0 aliphatic rings. The lowest BCUT2D eigenvalue weighted by molar-refractivity contribution is 0.738. The van der Waals surface area contributed by atoms with Gasteiger partial charge in [0.1, 0.15) is 0 Å². The van der Waals surface area contributed by atoms with Crippen molar-refractivity contribution in [3.63, 3.8) is 0 Å². The molecule has 0 saturated heterocycles. The Morgan fingerprint density at radius 1 is 1.16 bits per heavy atom. The molecule has 2 nitrogen and oxygen atoms in total. The molecule has 4 heteroatoms. The Balaban J connectivity index is 2.27. The average molecular weight is 387 g/mol. The van der Waals surface area contributed by atoms with E-state index in [-0.39, 0.29) is 6.04 Å². The van der Waals surface area contributed by atoms with Gasteiger partial charge >= 0.3 is 0 Å². The van der Waals surface area contributed by atoms with Gasteiger partial charge in [-0.05, 0) is 65.4 Å². The number of hydrogen-bond acceptors (Lipinski definition) is 2. The molecule has 2 aromatic rings. The van der Waals surface area contributed by atoms with Gasteiger partial charge in [0.15, 0.2) is 0 Å². The Morgan fingerprint density at radius 2 is 1.79 bits per heavy atom. The topological polar surface area (TPSA) is 29.3 Å². The highest BCUT2D eigenvalue weighted by atomic mass is 127. The van der Waals surface area contributed by atoms with Crippen molar-refractivity contribution >= 4 is 45.6 Å². The lowest BCUT2D eigenvalue weighted by Gasteiger charge is -2.28. The minimum atomic E-state index is 0.273. The summed E-state index contributed by atoms with van der Waals surface area (Å²) >= 11 is 8.24. The third-order valence-corrected chi connectivity index (χ3v) is 4.40. The van der Waals surface area contributed by atoms with Crippen molar-refractivity contribution in [1.29, 1.82) is 0 Å². The zero-order valence-electron chi connectivity index (χ0n) is 10.9. The minimum absolute atomic E-state index is 0.273. The van der Waals surface area contributed by atoms with Crippen molar-refractivity contribution in [3.8, 4) is 0 Å². The highest BCUT2D eigenvalue weighted by Gasteiger charge is 2.14. The molecule has 0 aliphatic carbocycles. The fraction of sp³-hybridized carbons (Fsp3) is 0.200. The van der Waals surface area contributed by atoms with Crippen LogP contribution in [0.2, 0.25) is 5.02 Å². The number of halogens is 2. The lowest BCUT2D eigenvalue weighted by Crippen LogP contribution is -2.22. The van der Waals surface area contributed by atoms with Crippen LogP contribution in [0, 0.1) is 3.57 Å². The summed E-state index contributed by atoms with van der Waals surface area (Å²) < 4.78 is 1.15. The second kappa shape index (κ2) is 6.01. The summed E-state index contributed by atoms with van der Waals surface area (Å²) in [6, 6.07) is 14.2. The van der Waals surface area contributed by atoms with Crippen molar-refractivity contribution in [2.24, 2.45) is 0 Å². The fourth-order valence-electron chi connectivity index (χ4n) is 1.98. The zero-order valence-corrected chi connectivity index (χ0v) is 13.8. The van der Waals surface area contributed by atoms with Gasteiger partial charge in [-0.3, -0.25) is 0 Å². The summed E-state index contributed by atoms with van der Waals surface area (Å²) in [7, 11) is 2.09. The maximum absolute atomic E-state index is 5.93. The number of rotatable bonds is 3. The summed E-state index contributed by atoms with van der Waals surface area (Å²) in [4.78, 5) is 2.24. The molecule has 100 valence electrons. The van der Waals surface area contributed by atoms with Crippen LogP contribution < -0.4 is 10.6 Å². The molecule has 0 fully saturated rings. The predicted molar refractivity (Wildman–Crippen MR) is 91.8 cm³/mol. The van der Waals surface area contributed by atoms with Crippen molar-refractivity contribution in [1.82, 2.24) is 0 Å². The van der Waals surface area contributed by atoms with E-state index >= 15 is 0 Å². The lowest BCUT2D eigenvalue weighted by atomic mass is 10.1. The second-order valence-corrected chi connectivity index (χ2v) is 6.15. The molecule has 0 saturated carbocycles. The number of hydrogen-bond donors (Lipinski definition) is 1. The summed E-state index contributed by atoms with van der Waals surface area (Å²) in [5.74, 6) is 0. The maximum Gasteiger partial charge on any atom is 0.0511 e. The molecule has 1 atom stereocenters. The van der Waals surface area contributed by atoms with Gasteiger partial charge in [-0.2, -0.15) is 0 Å². The van der Waals surface area contributed by atoms with Crippen molar-refractivity contribution in [2.75, 3.05) is 17.7 Å². The monoisotopic (exact) mass is 386 g/mol. The first-order valence-corrected chi connectivity index (χ1v) is 7.48. The first kappa shape index (κ1) is 14.5. The van der Waals surface area contributed by atoms with E-state index in [9.17, 15) is 0 Å². The minimum Gasteiger partial charge on any atom is -0.399 e. The Hall–Kier alpha value is -0.940.